The predicted molar refractivity (Wildman–Crippen MR) is 134 cm³/mol. The first-order valence-electron chi connectivity index (χ1n) is 14.0. The van der Waals surface area contributed by atoms with Crippen LogP contribution in [0.4, 0.5) is 0 Å². The molecule has 7 atom stereocenters. The lowest BCUT2D eigenvalue weighted by molar-refractivity contribution is -0.130. The van der Waals surface area contributed by atoms with Gasteiger partial charge < -0.3 is 0 Å². The third-order valence-corrected chi connectivity index (χ3v) is 11.0. The van der Waals surface area contributed by atoms with Gasteiger partial charge >= 0.3 is 0 Å². The summed E-state index contributed by atoms with van der Waals surface area (Å²) in [6.07, 6.45) is 19.2. The van der Waals surface area contributed by atoms with E-state index in [1.54, 1.807) is 0 Å². The molecule has 0 heteroatoms. The van der Waals surface area contributed by atoms with Crippen molar-refractivity contribution < 1.29 is 0 Å². The van der Waals surface area contributed by atoms with E-state index in [4.69, 9.17) is 0 Å². The first-order valence-corrected chi connectivity index (χ1v) is 14.0. The molecule has 3 saturated carbocycles. The number of hydrogen-bond acceptors (Lipinski definition) is 0. The van der Waals surface area contributed by atoms with Crippen LogP contribution in [0.1, 0.15) is 139 Å². The Hall–Kier alpha value is 0. The van der Waals surface area contributed by atoms with E-state index in [0.29, 0.717) is 16.2 Å². The van der Waals surface area contributed by atoms with E-state index in [2.05, 4.69) is 55.4 Å². The molecule has 0 N–H and O–H groups in total. The minimum absolute atomic E-state index is 0.573. The molecule has 0 nitrogen and oxygen atoms in total. The summed E-state index contributed by atoms with van der Waals surface area (Å²) in [6, 6.07) is 0. The van der Waals surface area contributed by atoms with Crippen molar-refractivity contribution in [2.24, 2.45) is 51.8 Å². The molecule has 3 aliphatic rings. The monoisotopic (exact) mass is 416 g/mol. The predicted octanol–water partition coefficient (Wildman–Crippen LogP) is 9.91. The van der Waals surface area contributed by atoms with Gasteiger partial charge in [-0.25, -0.2) is 0 Å². The molecule has 0 aromatic heterocycles. The summed E-state index contributed by atoms with van der Waals surface area (Å²) in [5, 5.41) is 0. The highest BCUT2D eigenvalue weighted by Gasteiger charge is 2.62. The molecule has 0 heterocycles. The molecule has 176 valence electrons. The van der Waals surface area contributed by atoms with Gasteiger partial charge in [-0.2, -0.15) is 0 Å². The van der Waals surface area contributed by atoms with Gasteiger partial charge in [0.25, 0.3) is 0 Å². The molecule has 0 unspecified atom stereocenters. The topological polar surface area (TPSA) is 0 Å². The molecule has 0 spiro atoms. The molecular weight excluding hydrogens is 360 g/mol. The summed E-state index contributed by atoms with van der Waals surface area (Å²) < 4.78 is 0. The van der Waals surface area contributed by atoms with Crippen molar-refractivity contribution in [1.82, 2.24) is 0 Å². The summed E-state index contributed by atoms with van der Waals surface area (Å²) in [5.74, 6) is 5.69. The fraction of sp³-hybridized carbons (Fsp3) is 1.00. The average molecular weight is 417 g/mol. The molecule has 3 aliphatic carbocycles. The Morgan fingerprint density at radius 1 is 0.667 bits per heavy atom. The van der Waals surface area contributed by atoms with Crippen LogP contribution in [-0.4, -0.2) is 0 Å². The number of fused-ring (bicyclic) bond motifs is 3. The quantitative estimate of drug-likeness (QED) is 0.350. The first-order chi connectivity index (χ1) is 14.0. The zero-order valence-corrected chi connectivity index (χ0v) is 22.2. The fourth-order valence-electron chi connectivity index (χ4n) is 9.41. The Kier molecular flexibility index (Phi) is 7.78. The van der Waals surface area contributed by atoms with Gasteiger partial charge in [0.2, 0.25) is 0 Å². The van der Waals surface area contributed by atoms with E-state index in [9.17, 15) is 0 Å². The lowest BCUT2D eigenvalue weighted by atomic mass is 9.43. The molecule has 0 aromatic carbocycles. The maximum atomic E-state index is 2.74. The van der Waals surface area contributed by atoms with Gasteiger partial charge in [-0.15, -0.1) is 0 Å². The first kappa shape index (κ1) is 24.6. The van der Waals surface area contributed by atoms with Gasteiger partial charge in [0.15, 0.2) is 0 Å². The number of rotatable bonds is 9. The molecule has 0 aliphatic heterocycles. The van der Waals surface area contributed by atoms with Gasteiger partial charge in [-0.3, -0.25) is 0 Å². The Bertz CT molecular complexity index is 544. The smallest absolute Gasteiger partial charge is 0.0259 e. The zero-order chi connectivity index (χ0) is 22.2. The maximum Gasteiger partial charge on any atom is -0.0259 e. The Morgan fingerprint density at radius 2 is 1.33 bits per heavy atom. The molecule has 0 aromatic rings. The highest BCUT2D eigenvalue weighted by atomic mass is 14.7. The third kappa shape index (κ3) is 4.83. The number of hydrogen-bond donors (Lipinski definition) is 0. The molecule has 0 amide bonds. The molecule has 0 radical (unpaired) electrons. The maximum absolute atomic E-state index is 2.74. The van der Waals surface area contributed by atoms with Crippen LogP contribution in [0.15, 0.2) is 0 Å². The van der Waals surface area contributed by atoms with Crippen LogP contribution < -0.4 is 0 Å². The Morgan fingerprint density at radius 3 is 2.00 bits per heavy atom. The minimum atomic E-state index is 0.573. The zero-order valence-electron chi connectivity index (χ0n) is 22.2. The van der Waals surface area contributed by atoms with Crippen LogP contribution in [0, 0.1) is 51.8 Å². The SMILES string of the molecule is CC(C)CCC[C@@H](C)CCC[C@H](C)[C@@H]1CC[C@@H]2[C@@]3(C)CCCC(C)(C)[C@H]3CC[C@]21C. The van der Waals surface area contributed by atoms with Gasteiger partial charge in [0.1, 0.15) is 0 Å². The standard InChI is InChI=1S/C30H56/c1-22(2)12-9-13-23(3)14-10-15-24(4)25-16-17-27-29(25,7)21-18-26-28(5,6)19-11-20-30(26,27)8/h22-27H,9-21H2,1-8H3/t23-,24+,25+,26-,27+,29+,30+/m1/s1. The van der Waals surface area contributed by atoms with E-state index >= 15 is 0 Å². The van der Waals surface area contributed by atoms with E-state index in [0.717, 1.165) is 35.5 Å². The van der Waals surface area contributed by atoms with Crippen molar-refractivity contribution in [2.75, 3.05) is 0 Å². The van der Waals surface area contributed by atoms with Crippen molar-refractivity contribution in [3.8, 4) is 0 Å². The minimum Gasteiger partial charge on any atom is -0.0628 e. The van der Waals surface area contributed by atoms with Crippen LogP contribution in [0.3, 0.4) is 0 Å². The highest BCUT2D eigenvalue weighted by Crippen LogP contribution is 2.70. The van der Waals surface area contributed by atoms with Crippen LogP contribution in [0.2, 0.25) is 0 Å². The largest absolute Gasteiger partial charge is 0.0628 e. The Balaban J connectivity index is 1.55. The van der Waals surface area contributed by atoms with Gasteiger partial charge in [-0.05, 0) is 90.3 Å². The second-order valence-corrected chi connectivity index (χ2v) is 14.0. The summed E-state index contributed by atoms with van der Waals surface area (Å²) in [4.78, 5) is 0. The second kappa shape index (κ2) is 9.47. The van der Waals surface area contributed by atoms with Crippen molar-refractivity contribution in [3.05, 3.63) is 0 Å². The molecule has 3 rings (SSSR count). The van der Waals surface area contributed by atoms with E-state index in [1.807, 2.05) is 0 Å². The van der Waals surface area contributed by atoms with Gasteiger partial charge in [-0.1, -0.05) is 100 Å². The summed E-state index contributed by atoms with van der Waals surface area (Å²) in [5.41, 5.74) is 1.82. The summed E-state index contributed by atoms with van der Waals surface area (Å²) >= 11 is 0. The molecule has 3 fully saturated rings. The average Bonchev–Trinajstić information content (AvgIpc) is 2.99. The normalized spacial score (nSPS) is 40.1. The van der Waals surface area contributed by atoms with Crippen LogP contribution in [0.5, 0.6) is 0 Å². The highest BCUT2D eigenvalue weighted by molar-refractivity contribution is 5.11. The van der Waals surface area contributed by atoms with Crippen LogP contribution in [0.25, 0.3) is 0 Å². The van der Waals surface area contributed by atoms with Crippen molar-refractivity contribution in [3.63, 3.8) is 0 Å². The van der Waals surface area contributed by atoms with E-state index in [1.165, 1.54) is 83.5 Å². The van der Waals surface area contributed by atoms with Gasteiger partial charge in [0, 0.05) is 0 Å². The van der Waals surface area contributed by atoms with Crippen LogP contribution >= 0.6 is 0 Å². The summed E-state index contributed by atoms with van der Waals surface area (Å²) in [7, 11) is 0. The Labute approximate surface area is 190 Å². The fourth-order valence-corrected chi connectivity index (χ4v) is 9.41. The molecule has 0 saturated heterocycles. The molecule has 30 heavy (non-hydrogen) atoms. The van der Waals surface area contributed by atoms with Crippen molar-refractivity contribution in [2.45, 2.75) is 139 Å². The van der Waals surface area contributed by atoms with E-state index < -0.39 is 0 Å². The lowest BCUT2D eigenvalue weighted by Gasteiger charge is -2.62. The molecular formula is C30H56. The lowest BCUT2D eigenvalue weighted by Crippen LogP contribution is -2.54. The van der Waals surface area contributed by atoms with Gasteiger partial charge in [0.05, 0.1) is 0 Å². The third-order valence-electron chi connectivity index (χ3n) is 11.0. The van der Waals surface area contributed by atoms with Crippen molar-refractivity contribution in [1.29, 1.82) is 0 Å². The van der Waals surface area contributed by atoms with Crippen molar-refractivity contribution >= 4 is 0 Å². The molecule has 0 bridgehead atoms. The van der Waals surface area contributed by atoms with E-state index in [-0.39, 0.29) is 0 Å². The second-order valence-electron chi connectivity index (χ2n) is 14.0. The van der Waals surface area contributed by atoms with Crippen LogP contribution in [-0.2, 0) is 0 Å². The summed E-state index contributed by atoms with van der Waals surface area (Å²) in [6.45, 7) is 20.5.